The lowest BCUT2D eigenvalue weighted by Gasteiger charge is -2.27. The number of nitrogens with one attached hydrogen (secondary N) is 2. The van der Waals surface area contributed by atoms with Gasteiger partial charge < -0.3 is 10.6 Å². The van der Waals surface area contributed by atoms with Gasteiger partial charge in [0, 0.05) is 17.1 Å². The number of hydrogen-bond donors (Lipinski definition) is 2. The predicted octanol–water partition coefficient (Wildman–Crippen LogP) is 4.33. The van der Waals surface area contributed by atoms with Gasteiger partial charge in [-0.05, 0) is 56.3 Å². The second-order valence-corrected chi connectivity index (χ2v) is 6.52. The third-order valence-electron chi connectivity index (χ3n) is 4.45. The van der Waals surface area contributed by atoms with Gasteiger partial charge in [-0.1, -0.05) is 29.6 Å². The first-order chi connectivity index (χ1) is 9.24. The van der Waals surface area contributed by atoms with Crippen LogP contribution in [0.25, 0.3) is 0 Å². The molecule has 1 heterocycles. The van der Waals surface area contributed by atoms with E-state index in [4.69, 9.17) is 23.2 Å². The van der Waals surface area contributed by atoms with Crippen molar-refractivity contribution in [3.8, 4) is 0 Å². The van der Waals surface area contributed by atoms with E-state index in [-0.39, 0.29) is 0 Å². The number of hydrogen-bond acceptors (Lipinski definition) is 2. The minimum Gasteiger partial charge on any atom is -0.381 e. The van der Waals surface area contributed by atoms with Crippen LogP contribution in [0.2, 0.25) is 10.0 Å². The average molecular weight is 299 g/mol. The Balaban J connectivity index is 1.72. The van der Waals surface area contributed by atoms with E-state index in [1.165, 1.54) is 38.6 Å². The van der Waals surface area contributed by atoms with Gasteiger partial charge >= 0.3 is 0 Å². The van der Waals surface area contributed by atoms with Crippen molar-refractivity contribution in [1.82, 2.24) is 5.32 Å². The van der Waals surface area contributed by atoms with Crippen LogP contribution in [0.5, 0.6) is 0 Å². The van der Waals surface area contributed by atoms with Crippen LogP contribution in [0.1, 0.15) is 32.1 Å². The molecule has 0 amide bonds. The van der Waals surface area contributed by atoms with Crippen LogP contribution in [0.15, 0.2) is 18.2 Å². The summed E-state index contributed by atoms with van der Waals surface area (Å²) in [7, 11) is 0. The molecule has 2 aliphatic rings. The van der Waals surface area contributed by atoms with Gasteiger partial charge in [-0.25, -0.2) is 0 Å². The summed E-state index contributed by atoms with van der Waals surface area (Å²) in [6, 6.07) is 6.83. The molecule has 0 aromatic heterocycles. The Hall–Kier alpha value is -0.440. The van der Waals surface area contributed by atoms with Crippen molar-refractivity contribution >= 4 is 28.9 Å². The Labute approximate surface area is 124 Å². The minimum atomic E-state index is 0.520. The molecule has 2 fully saturated rings. The molecular formula is C15H20Cl2N2. The van der Waals surface area contributed by atoms with Crippen molar-refractivity contribution in [3.05, 3.63) is 28.2 Å². The number of anilines is 1. The molecule has 0 bridgehead atoms. The highest BCUT2D eigenvalue weighted by Crippen LogP contribution is 2.35. The molecular weight excluding hydrogens is 279 g/mol. The van der Waals surface area contributed by atoms with Crippen LogP contribution in [0.3, 0.4) is 0 Å². The van der Waals surface area contributed by atoms with Gasteiger partial charge in [0.05, 0.1) is 10.7 Å². The van der Waals surface area contributed by atoms with Crippen molar-refractivity contribution in [2.24, 2.45) is 5.92 Å². The van der Waals surface area contributed by atoms with E-state index in [0.717, 1.165) is 21.7 Å². The molecule has 3 unspecified atom stereocenters. The molecule has 19 heavy (non-hydrogen) atoms. The summed E-state index contributed by atoms with van der Waals surface area (Å²) in [5.41, 5.74) is 0.976. The van der Waals surface area contributed by atoms with Crippen molar-refractivity contribution in [2.45, 2.75) is 44.2 Å². The predicted molar refractivity (Wildman–Crippen MR) is 82.2 cm³/mol. The van der Waals surface area contributed by atoms with Crippen molar-refractivity contribution in [2.75, 3.05) is 11.9 Å². The van der Waals surface area contributed by atoms with Gasteiger partial charge in [0.15, 0.2) is 0 Å². The Morgan fingerprint density at radius 1 is 1.11 bits per heavy atom. The summed E-state index contributed by atoms with van der Waals surface area (Å²) in [5, 5.41) is 8.76. The Morgan fingerprint density at radius 3 is 2.79 bits per heavy atom. The highest BCUT2D eigenvalue weighted by Gasteiger charge is 2.35. The zero-order valence-electron chi connectivity index (χ0n) is 11.0. The molecule has 1 saturated heterocycles. The van der Waals surface area contributed by atoms with E-state index in [1.54, 1.807) is 0 Å². The SMILES string of the molecule is Clc1ccc(Cl)c(NC2CCCC2C2CCCN2)c1. The van der Waals surface area contributed by atoms with Gasteiger partial charge in [-0.2, -0.15) is 0 Å². The maximum atomic E-state index is 6.25. The summed E-state index contributed by atoms with van der Waals surface area (Å²) in [4.78, 5) is 0. The quantitative estimate of drug-likeness (QED) is 0.868. The number of rotatable bonds is 3. The fourth-order valence-corrected chi connectivity index (χ4v) is 3.88. The molecule has 1 aromatic rings. The monoisotopic (exact) mass is 298 g/mol. The molecule has 1 aliphatic carbocycles. The maximum absolute atomic E-state index is 6.25. The fourth-order valence-electron chi connectivity index (χ4n) is 3.53. The number of benzene rings is 1. The summed E-state index contributed by atoms with van der Waals surface area (Å²) in [6.45, 7) is 1.17. The van der Waals surface area contributed by atoms with Crippen LogP contribution in [0.4, 0.5) is 5.69 Å². The van der Waals surface area contributed by atoms with E-state index in [0.29, 0.717) is 12.1 Å². The van der Waals surface area contributed by atoms with Crippen LogP contribution in [0, 0.1) is 5.92 Å². The van der Waals surface area contributed by atoms with Gasteiger partial charge in [0.25, 0.3) is 0 Å². The zero-order valence-corrected chi connectivity index (χ0v) is 12.5. The van der Waals surface area contributed by atoms with Crippen LogP contribution in [-0.2, 0) is 0 Å². The van der Waals surface area contributed by atoms with Crippen molar-refractivity contribution in [1.29, 1.82) is 0 Å². The Morgan fingerprint density at radius 2 is 2.00 bits per heavy atom. The third kappa shape index (κ3) is 3.01. The lowest BCUT2D eigenvalue weighted by molar-refractivity contribution is 0.376. The zero-order chi connectivity index (χ0) is 13.2. The lowest BCUT2D eigenvalue weighted by atomic mass is 9.93. The second-order valence-electron chi connectivity index (χ2n) is 5.67. The molecule has 0 radical (unpaired) electrons. The largest absolute Gasteiger partial charge is 0.381 e. The van der Waals surface area contributed by atoms with E-state index < -0.39 is 0 Å². The molecule has 104 valence electrons. The summed E-state index contributed by atoms with van der Waals surface area (Å²) < 4.78 is 0. The topological polar surface area (TPSA) is 24.1 Å². The first-order valence-electron chi connectivity index (χ1n) is 7.19. The molecule has 1 aliphatic heterocycles. The van der Waals surface area contributed by atoms with Crippen LogP contribution >= 0.6 is 23.2 Å². The van der Waals surface area contributed by atoms with Crippen molar-refractivity contribution < 1.29 is 0 Å². The van der Waals surface area contributed by atoms with Crippen LogP contribution in [-0.4, -0.2) is 18.6 Å². The Kier molecular flexibility index (Phi) is 4.21. The summed E-state index contributed by atoms with van der Waals surface area (Å²) in [5.74, 6) is 0.720. The minimum absolute atomic E-state index is 0.520. The van der Waals surface area contributed by atoms with Gasteiger partial charge in [-0.3, -0.25) is 0 Å². The molecule has 0 spiro atoms. The van der Waals surface area contributed by atoms with E-state index in [2.05, 4.69) is 10.6 Å². The van der Waals surface area contributed by atoms with Crippen molar-refractivity contribution in [3.63, 3.8) is 0 Å². The highest BCUT2D eigenvalue weighted by molar-refractivity contribution is 6.35. The molecule has 1 aromatic carbocycles. The molecule has 2 N–H and O–H groups in total. The van der Waals surface area contributed by atoms with Gasteiger partial charge in [0.2, 0.25) is 0 Å². The standard InChI is InChI=1S/C15H20Cl2N2/c16-10-6-7-12(17)15(9-10)19-14-4-1-3-11(14)13-5-2-8-18-13/h6-7,9,11,13-14,18-19H,1-5,8H2. The molecule has 4 heteroatoms. The number of halogens is 2. The average Bonchev–Trinajstić information content (AvgIpc) is 3.03. The highest BCUT2D eigenvalue weighted by atomic mass is 35.5. The smallest absolute Gasteiger partial charge is 0.0638 e. The van der Waals surface area contributed by atoms with E-state index in [1.807, 2.05) is 18.2 Å². The molecule has 2 nitrogen and oxygen atoms in total. The molecule has 3 atom stereocenters. The Bertz CT molecular complexity index is 444. The van der Waals surface area contributed by atoms with E-state index in [9.17, 15) is 0 Å². The normalized spacial score (nSPS) is 30.7. The van der Waals surface area contributed by atoms with Crippen LogP contribution < -0.4 is 10.6 Å². The second kappa shape index (κ2) is 5.90. The summed E-state index contributed by atoms with van der Waals surface area (Å²) >= 11 is 12.3. The van der Waals surface area contributed by atoms with Gasteiger partial charge in [0.1, 0.15) is 0 Å². The van der Waals surface area contributed by atoms with Gasteiger partial charge in [-0.15, -0.1) is 0 Å². The fraction of sp³-hybridized carbons (Fsp3) is 0.600. The molecule has 1 saturated carbocycles. The maximum Gasteiger partial charge on any atom is 0.0638 e. The first-order valence-corrected chi connectivity index (χ1v) is 7.94. The molecule has 3 rings (SSSR count). The van der Waals surface area contributed by atoms with E-state index >= 15 is 0 Å². The summed E-state index contributed by atoms with van der Waals surface area (Å²) in [6.07, 6.45) is 6.47. The third-order valence-corrected chi connectivity index (χ3v) is 5.02. The lowest BCUT2D eigenvalue weighted by Crippen LogP contribution is -2.38. The first kappa shape index (κ1) is 13.5.